The van der Waals surface area contributed by atoms with Gasteiger partial charge in [-0.3, -0.25) is 0 Å². The highest BCUT2D eigenvalue weighted by atomic mass is 32.2. The van der Waals surface area contributed by atoms with E-state index in [1.165, 1.54) is 0 Å². The van der Waals surface area contributed by atoms with Crippen LogP contribution in [0.25, 0.3) is 0 Å². The van der Waals surface area contributed by atoms with E-state index in [1.807, 2.05) is 6.07 Å². The molecule has 1 atom stereocenters. The van der Waals surface area contributed by atoms with E-state index in [9.17, 15) is 8.42 Å². The molecule has 0 aliphatic rings. The SMILES string of the molecule is CC(C#N)CS(=O)(=O)c1ccccc1. The van der Waals surface area contributed by atoms with Crippen molar-refractivity contribution in [2.45, 2.75) is 11.8 Å². The van der Waals surface area contributed by atoms with E-state index in [4.69, 9.17) is 5.26 Å². The molecule has 0 saturated carbocycles. The van der Waals surface area contributed by atoms with Crippen molar-refractivity contribution >= 4 is 9.84 Å². The highest BCUT2D eigenvalue weighted by Gasteiger charge is 2.17. The molecule has 0 aromatic heterocycles. The maximum atomic E-state index is 11.7. The van der Waals surface area contributed by atoms with Crippen LogP contribution in [-0.4, -0.2) is 14.2 Å². The van der Waals surface area contributed by atoms with Crippen LogP contribution in [0.3, 0.4) is 0 Å². The van der Waals surface area contributed by atoms with Crippen LogP contribution in [0.1, 0.15) is 6.92 Å². The van der Waals surface area contributed by atoms with Gasteiger partial charge >= 0.3 is 0 Å². The van der Waals surface area contributed by atoms with Crippen LogP contribution in [0.5, 0.6) is 0 Å². The Morgan fingerprint density at radius 2 is 1.93 bits per heavy atom. The molecule has 0 N–H and O–H groups in total. The molecule has 3 nitrogen and oxygen atoms in total. The van der Waals surface area contributed by atoms with E-state index in [1.54, 1.807) is 37.3 Å². The van der Waals surface area contributed by atoms with Crippen molar-refractivity contribution in [3.05, 3.63) is 30.3 Å². The lowest BCUT2D eigenvalue weighted by Crippen LogP contribution is -2.12. The number of rotatable bonds is 3. The smallest absolute Gasteiger partial charge is 0.179 e. The van der Waals surface area contributed by atoms with E-state index in [-0.39, 0.29) is 10.6 Å². The summed E-state index contributed by atoms with van der Waals surface area (Å²) in [6, 6.07) is 10.1. The molecule has 1 rings (SSSR count). The van der Waals surface area contributed by atoms with Gasteiger partial charge in [-0.1, -0.05) is 18.2 Å². The number of sulfone groups is 1. The van der Waals surface area contributed by atoms with Gasteiger partial charge in [0.1, 0.15) is 0 Å². The van der Waals surface area contributed by atoms with Gasteiger partial charge in [0.2, 0.25) is 0 Å². The summed E-state index contributed by atoms with van der Waals surface area (Å²) in [5, 5.41) is 8.53. The monoisotopic (exact) mass is 209 g/mol. The molecule has 4 heteroatoms. The van der Waals surface area contributed by atoms with Crippen LogP contribution in [0.15, 0.2) is 35.2 Å². The third-order valence-corrected chi connectivity index (χ3v) is 3.72. The molecule has 1 aromatic rings. The predicted octanol–water partition coefficient (Wildman–Crippen LogP) is 1.62. The Kier molecular flexibility index (Phi) is 3.26. The van der Waals surface area contributed by atoms with Crippen LogP contribution >= 0.6 is 0 Å². The molecule has 14 heavy (non-hydrogen) atoms. The largest absolute Gasteiger partial charge is 0.224 e. The van der Waals surface area contributed by atoms with Crippen molar-refractivity contribution in [3.63, 3.8) is 0 Å². The molecular weight excluding hydrogens is 198 g/mol. The van der Waals surface area contributed by atoms with Crippen LogP contribution in [0.2, 0.25) is 0 Å². The fourth-order valence-electron chi connectivity index (χ4n) is 1.09. The first-order valence-corrected chi connectivity index (χ1v) is 5.89. The molecule has 0 radical (unpaired) electrons. The second-order valence-corrected chi connectivity index (χ2v) is 5.16. The zero-order chi connectivity index (χ0) is 10.6. The van der Waals surface area contributed by atoms with E-state index >= 15 is 0 Å². The summed E-state index contributed by atoms with van der Waals surface area (Å²) in [4.78, 5) is 0.280. The highest BCUT2D eigenvalue weighted by molar-refractivity contribution is 7.91. The maximum absolute atomic E-state index is 11.7. The van der Waals surface area contributed by atoms with E-state index in [0.717, 1.165) is 0 Å². The standard InChI is InChI=1S/C10H11NO2S/c1-9(7-11)8-14(12,13)10-5-3-2-4-6-10/h2-6,9H,8H2,1H3. The van der Waals surface area contributed by atoms with Crippen molar-refractivity contribution in [2.75, 3.05) is 5.75 Å². The van der Waals surface area contributed by atoms with Gasteiger partial charge < -0.3 is 0 Å². The van der Waals surface area contributed by atoms with Crippen LogP contribution in [0, 0.1) is 17.2 Å². The average Bonchev–Trinajstić information content (AvgIpc) is 2.18. The maximum Gasteiger partial charge on any atom is 0.179 e. The van der Waals surface area contributed by atoms with Gasteiger partial charge in [0.15, 0.2) is 9.84 Å². The fourth-order valence-corrected chi connectivity index (χ4v) is 2.59. The number of nitriles is 1. The molecule has 1 unspecified atom stereocenters. The third-order valence-electron chi connectivity index (χ3n) is 1.79. The first-order valence-electron chi connectivity index (χ1n) is 4.23. The summed E-state index contributed by atoms with van der Waals surface area (Å²) < 4.78 is 23.3. The molecule has 0 amide bonds. The Morgan fingerprint density at radius 3 is 2.43 bits per heavy atom. The van der Waals surface area contributed by atoms with E-state index < -0.39 is 15.8 Å². The minimum Gasteiger partial charge on any atom is -0.224 e. The van der Waals surface area contributed by atoms with Crippen LogP contribution in [0.4, 0.5) is 0 Å². The zero-order valence-corrected chi connectivity index (χ0v) is 8.66. The summed E-state index contributed by atoms with van der Waals surface area (Å²) in [7, 11) is -3.29. The number of hydrogen-bond acceptors (Lipinski definition) is 3. The third kappa shape index (κ3) is 2.57. The minimum atomic E-state index is -3.29. The second-order valence-electron chi connectivity index (χ2n) is 3.12. The lowest BCUT2D eigenvalue weighted by molar-refractivity contribution is 0.589. The normalized spacial score (nSPS) is 13.1. The molecule has 0 heterocycles. The molecule has 0 bridgehead atoms. The highest BCUT2D eigenvalue weighted by Crippen LogP contribution is 2.12. The van der Waals surface area contributed by atoms with Gasteiger partial charge in [-0.05, 0) is 19.1 Å². The summed E-state index contributed by atoms with van der Waals surface area (Å²) in [5.74, 6) is -0.590. The molecule has 0 spiro atoms. The Morgan fingerprint density at radius 1 is 1.36 bits per heavy atom. The first kappa shape index (κ1) is 10.7. The van der Waals surface area contributed by atoms with Crippen molar-refractivity contribution < 1.29 is 8.42 Å². The molecular formula is C10H11NO2S. The second kappa shape index (κ2) is 4.25. The lowest BCUT2D eigenvalue weighted by atomic mass is 10.3. The number of nitrogens with zero attached hydrogens (tertiary/aromatic N) is 1. The Labute approximate surface area is 83.9 Å². The topological polar surface area (TPSA) is 57.9 Å². The average molecular weight is 209 g/mol. The summed E-state index contributed by atoms with van der Waals surface area (Å²) in [6.45, 7) is 1.60. The van der Waals surface area contributed by atoms with Gasteiger partial charge in [-0.2, -0.15) is 5.26 Å². The minimum absolute atomic E-state index is 0.118. The van der Waals surface area contributed by atoms with Gasteiger partial charge in [0, 0.05) is 0 Å². The fraction of sp³-hybridized carbons (Fsp3) is 0.300. The van der Waals surface area contributed by atoms with Crippen molar-refractivity contribution in [3.8, 4) is 6.07 Å². The lowest BCUT2D eigenvalue weighted by Gasteiger charge is -2.04. The molecule has 0 aliphatic carbocycles. The van der Waals surface area contributed by atoms with Gasteiger partial charge in [-0.15, -0.1) is 0 Å². The van der Waals surface area contributed by atoms with Gasteiger partial charge in [0.25, 0.3) is 0 Å². The van der Waals surface area contributed by atoms with Crippen molar-refractivity contribution in [1.82, 2.24) is 0 Å². The quantitative estimate of drug-likeness (QED) is 0.760. The van der Waals surface area contributed by atoms with Gasteiger partial charge in [-0.25, -0.2) is 8.42 Å². The van der Waals surface area contributed by atoms with Crippen LogP contribution < -0.4 is 0 Å². The Bertz CT molecular complexity index is 431. The summed E-state index contributed by atoms with van der Waals surface area (Å²) >= 11 is 0. The zero-order valence-electron chi connectivity index (χ0n) is 7.84. The molecule has 1 aromatic carbocycles. The molecule has 74 valence electrons. The summed E-state index contributed by atoms with van der Waals surface area (Å²) in [6.07, 6.45) is 0. The van der Waals surface area contributed by atoms with Gasteiger partial charge in [0.05, 0.1) is 22.6 Å². The van der Waals surface area contributed by atoms with Crippen molar-refractivity contribution in [1.29, 1.82) is 5.26 Å². The Hall–Kier alpha value is -1.34. The molecule has 0 fully saturated rings. The summed E-state index contributed by atoms with van der Waals surface area (Å²) in [5.41, 5.74) is 0. The first-order chi connectivity index (χ1) is 6.56. The number of hydrogen-bond donors (Lipinski definition) is 0. The Balaban J connectivity index is 2.94. The van der Waals surface area contributed by atoms with E-state index in [2.05, 4.69) is 0 Å². The van der Waals surface area contributed by atoms with E-state index in [0.29, 0.717) is 0 Å². The van der Waals surface area contributed by atoms with Crippen LogP contribution in [-0.2, 0) is 9.84 Å². The predicted molar refractivity (Wildman–Crippen MR) is 53.3 cm³/mol. The molecule has 0 aliphatic heterocycles. The molecule has 0 saturated heterocycles. The van der Waals surface area contributed by atoms with Crippen molar-refractivity contribution in [2.24, 2.45) is 5.92 Å². The number of benzene rings is 1.